The predicted octanol–water partition coefficient (Wildman–Crippen LogP) is 0.601. The highest BCUT2D eigenvalue weighted by molar-refractivity contribution is 5.93. The molecule has 0 aliphatic rings. The zero-order valence-corrected chi connectivity index (χ0v) is 9.19. The number of carbonyl (C=O) groups excluding carboxylic acids is 1. The Bertz CT molecular complexity index is 565. The number of hydrogen-bond donors (Lipinski definition) is 2. The number of amides is 1. The van der Waals surface area contributed by atoms with Gasteiger partial charge in [-0.25, -0.2) is 0 Å². The minimum absolute atomic E-state index is 0.242. The molecule has 2 heterocycles. The Morgan fingerprint density at radius 2 is 2.35 bits per heavy atom. The fraction of sp³-hybridized carbons (Fsp3) is 0.182. The van der Waals surface area contributed by atoms with Crippen LogP contribution in [-0.2, 0) is 6.54 Å². The van der Waals surface area contributed by atoms with Crippen LogP contribution in [0.5, 0.6) is 0 Å². The first kappa shape index (κ1) is 11.1. The van der Waals surface area contributed by atoms with E-state index in [0.29, 0.717) is 17.0 Å². The van der Waals surface area contributed by atoms with Gasteiger partial charge in [0, 0.05) is 18.3 Å². The molecular formula is C11H11N3O3. The lowest BCUT2D eigenvalue weighted by Crippen LogP contribution is -2.23. The van der Waals surface area contributed by atoms with Gasteiger partial charge in [-0.05, 0) is 13.0 Å². The van der Waals surface area contributed by atoms with Crippen molar-refractivity contribution in [2.75, 3.05) is 0 Å². The maximum Gasteiger partial charge on any atom is 0.253 e. The third kappa shape index (κ3) is 2.81. The van der Waals surface area contributed by atoms with Gasteiger partial charge in [0.1, 0.15) is 11.5 Å². The Morgan fingerprint density at radius 3 is 2.94 bits per heavy atom. The van der Waals surface area contributed by atoms with Gasteiger partial charge in [-0.15, -0.1) is 0 Å². The molecule has 17 heavy (non-hydrogen) atoms. The zero-order valence-electron chi connectivity index (χ0n) is 9.19. The van der Waals surface area contributed by atoms with Gasteiger partial charge in [-0.2, -0.15) is 0 Å². The molecule has 0 aromatic carbocycles. The second-order valence-electron chi connectivity index (χ2n) is 3.55. The summed E-state index contributed by atoms with van der Waals surface area (Å²) in [6, 6.07) is 4.50. The standard InChI is InChI=1S/C11H11N3O3/c1-7-4-9(14-17-7)6-13-11(16)8-2-3-10(15)12-5-8/h2-5H,6H2,1H3,(H,12,15)(H,13,16). The number of aryl methyl sites for hydroxylation is 1. The van der Waals surface area contributed by atoms with Crippen LogP contribution in [0.15, 0.2) is 33.7 Å². The molecule has 2 aromatic heterocycles. The number of nitrogens with one attached hydrogen (secondary N) is 2. The van der Waals surface area contributed by atoms with Crippen molar-refractivity contribution in [3.63, 3.8) is 0 Å². The quantitative estimate of drug-likeness (QED) is 0.812. The van der Waals surface area contributed by atoms with Crippen molar-refractivity contribution in [1.29, 1.82) is 0 Å². The smallest absolute Gasteiger partial charge is 0.253 e. The average molecular weight is 233 g/mol. The molecule has 0 fully saturated rings. The Kier molecular flexibility index (Phi) is 3.04. The summed E-state index contributed by atoms with van der Waals surface area (Å²) in [6.07, 6.45) is 1.37. The number of aromatic amines is 1. The Balaban J connectivity index is 1.98. The van der Waals surface area contributed by atoms with Gasteiger partial charge < -0.3 is 14.8 Å². The number of hydrogen-bond acceptors (Lipinski definition) is 4. The van der Waals surface area contributed by atoms with Gasteiger partial charge in [0.15, 0.2) is 0 Å². The molecule has 0 saturated carbocycles. The maximum atomic E-state index is 11.6. The third-order valence-corrected chi connectivity index (χ3v) is 2.15. The molecule has 6 heteroatoms. The molecule has 0 bridgehead atoms. The average Bonchev–Trinajstić information content (AvgIpc) is 2.73. The van der Waals surface area contributed by atoms with Gasteiger partial charge in [-0.1, -0.05) is 5.16 Å². The number of pyridine rings is 1. The summed E-state index contributed by atoms with van der Waals surface area (Å²) in [5.74, 6) is 0.417. The molecule has 0 radical (unpaired) electrons. The van der Waals surface area contributed by atoms with Gasteiger partial charge in [0.05, 0.1) is 12.1 Å². The van der Waals surface area contributed by atoms with Crippen LogP contribution in [0.4, 0.5) is 0 Å². The lowest BCUT2D eigenvalue weighted by Gasteiger charge is -2.01. The molecule has 2 N–H and O–H groups in total. The van der Waals surface area contributed by atoms with E-state index in [2.05, 4.69) is 15.5 Å². The van der Waals surface area contributed by atoms with Crippen LogP contribution in [0.1, 0.15) is 21.8 Å². The predicted molar refractivity (Wildman–Crippen MR) is 59.5 cm³/mol. The molecule has 0 aliphatic carbocycles. The second-order valence-corrected chi connectivity index (χ2v) is 3.55. The molecule has 2 rings (SSSR count). The normalized spacial score (nSPS) is 10.2. The molecule has 0 spiro atoms. The van der Waals surface area contributed by atoms with Crippen LogP contribution in [0.25, 0.3) is 0 Å². The largest absolute Gasteiger partial charge is 0.361 e. The summed E-state index contributed by atoms with van der Waals surface area (Å²) in [6.45, 7) is 2.07. The second kappa shape index (κ2) is 4.65. The maximum absolute atomic E-state index is 11.6. The first-order valence-electron chi connectivity index (χ1n) is 5.04. The SMILES string of the molecule is Cc1cc(CNC(=O)c2ccc(=O)[nH]c2)no1. The molecule has 0 unspecified atom stereocenters. The van der Waals surface area contributed by atoms with E-state index in [9.17, 15) is 9.59 Å². The monoisotopic (exact) mass is 233 g/mol. The van der Waals surface area contributed by atoms with Crippen molar-refractivity contribution in [3.05, 3.63) is 51.8 Å². The number of aromatic nitrogens is 2. The van der Waals surface area contributed by atoms with E-state index in [-0.39, 0.29) is 18.0 Å². The molecule has 0 atom stereocenters. The van der Waals surface area contributed by atoms with Gasteiger partial charge in [0.2, 0.25) is 5.56 Å². The van der Waals surface area contributed by atoms with Crippen LogP contribution < -0.4 is 10.9 Å². The van der Waals surface area contributed by atoms with E-state index in [0.717, 1.165) is 0 Å². The van der Waals surface area contributed by atoms with E-state index in [1.807, 2.05) is 0 Å². The summed E-state index contributed by atoms with van der Waals surface area (Å²) >= 11 is 0. The van der Waals surface area contributed by atoms with Crippen molar-refractivity contribution in [3.8, 4) is 0 Å². The third-order valence-electron chi connectivity index (χ3n) is 2.15. The van der Waals surface area contributed by atoms with E-state index in [1.54, 1.807) is 13.0 Å². The van der Waals surface area contributed by atoms with E-state index in [4.69, 9.17) is 4.52 Å². The minimum Gasteiger partial charge on any atom is -0.361 e. The number of carbonyl (C=O) groups is 1. The zero-order chi connectivity index (χ0) is 12.3. The Hall–Kier alpha value is -2.37. The van der Waals surface area contributed by atoms with Crippen LogP contribution in [0, 0.1) is 6.92 Å². The van der Waals surface area contributed by atoms with Crippen LogP contribution in [0.2, 0.25) is 0 Å². The summed E-state index contributed by atoms with van der Waals surface area (Å²) in [5.41, 5.74) is 0.804. The fourth-order valence-corrected chi connectivity index (χ4v) is 1.33. The molecule has 88 valence electrons. The minimum atomic E-state index is -0.276. The van der Waals surface area contributed by atoms with Gasteiger partial charge >= 0.3 is 0 Å². The molecule has 6 nitrogen and oxygen atoms in total. The van der Waals surface area contributed by atoms with Gasteiger partial charge in [0.25, 0.3) is 5.91 Å². The van der Waals surface area contributed by atoms with Crippen molar-refractivity contribution in [2.24, 2.45) is 0 Å². The molecule has 2 aromatic rings. The summed E-state index contributed by atoms with van der Waals surface area (Å²) in [7, 11) is 0. The molecule has 1 amide bonds. The fourth-order valence-electron chi connectivity index (χ4n) is 1.33. The van der Waals surface area contributed by atoms with Crippen molar-refractivity contribution in [1.82, 2.24) is 15.5 Å². The number of rotatable bonds is 3. The lowest BCUT2D eigenvalue weighted by molar-refractivity contribution is 0.0949. The summed E-state index contributed by atoms with van der Waals surface area (Å²) in [5, 5.41) is 6.41. The van der Waals surface area contributed by atoms with Crippen LogP contribution in [-0.4, -0.2) is 16.0 Å². The van der Waals surface area contributed by atoms with E-state index < -0.39 is 0 Å². The number of nitrogens with zero attached hydrogens (tertiary/aromatic N) is 1. The highest BCUT2D eigenvalue weighted by Gasteiger charge is 2.06. The highest BCUT2D eigenvalue weighted by atomic mass is 16.5. The Morgan fingerprint density at radius 1 is 1.53 bits per heavy atom. The van der Waals surface area contributed by atoms with E-state index >= 15 is 0 Å². The van der Waals surface area contributed by atoms with Crippen molar-refractivity contribution >= 4 is 5.91 Å². The van der Waals surface area contributed by atoms with Crippen LogP contribution in [0.3, 0.4) is 0 Å². The summed E-state index contributed by atoms with van der Waals surface area (Å²) in [4.78, 5) is 24.9. The van der Waals surface area contributed by atoms with E-state index in [1.165, 1.54) is 18.3 Å². The van der Waals surface area contributed by atoms with Gasteiger partial charge in [-0.3, -0.25) is 9.59 Å². The first-order chi connectivity index (χ1) is 8.15. The number of H-pyrrole nitrogens is 1. The van der Waals surface area contributed by atoms with Crippen LogP contribution >= 0.6 is 0 Å². The highest BCUT2D eigenvalue weighted by Crippen LogP contribution is 2.01. The molecular weight excluding hydrogens is 222 g/mol. The molecule has 0 aliphatic heterocycles. The first-order valence-corrected chi connectivity index (χ1v) is 5.04. The topological polar surface area (TPSA) is 88.0 Å². The lowest BCUT2D eigenvalue weighted by atomic mass is 10.2. The molecule has 0 saturated heterocycles. The van der Waals surface area contributed by atoms with Crippen molar-refractivity contribution in [2.45, 2.75) is 13.5 Å². The van der Waals surface area contributed by atoms with Crippen molar-refractivity contribution < 1.29 is 9.32 Å². The summed E-state index contributed by atoms with van der Waals surface area (Å²) < 4.78 is 4.87. The Labute approximate surface area is 96.6 Å².